The molecule has 0 bridgehead atoms. The van der Waals surface area contributed by atoms with Crippen LogP contribution in [0, 0.1) is 0 Å². The van der Waals surface area contributed by atoms with Crippen molar-refractivity contribution in [2.75, 3.05) is 11.1 Å². The Morgan fingerprint density at radius 3 is 2.78 bits per heavy atom. The number of nitrogens with one attached hydrogen (secondary N) is 1. The first-order valence-corrected chi connectivity index (χ1v) is 5.79. The van der Waals surface area contributed by atoms with E-state index in [0.717, 1.165) is 0 Å². The third-order valence-corrected chi connectivity index (χ3v) is 2.82. The highest BCUT2D eigenvalue weighted by atomic mass is 35.5. The van der Waals surface area contributed by atoms with Crippen LogP contribution in [0.2, 0.25) is 10.0 Å². The second-order valence-corrected chi connectivity index (χ2v) is 4.38. The maximum Gasteiger partial charge on any atom is 0.257 e. The van der Waals surface area contributed by atoms with Crippen LogP contribution >= 0.6 is 23.2 Å². The Balaban J connectivity index is 2.28. The lowest BCUT2D eigenvalue weighted by molar-refractivity contribution is 0.102. The van der Waals surface area contributed by atoms with E-state index in [1.165, 1.54) is 18.5 Å². The van der Waals surface area contributed by atoms with Gasteiger partial charge in [0, 0.05) is 23.1 Å². The number of halogens is 2. The summed E-state index contributed by atoms with van der Waals surface area (Å²) in [6, 6.07) is 6.29. The van der Waals surface area contributed by atoms with E-state index in [0.29, 0.717) is 27.0 Å². The minimum absolute atomic E-state index is 0.301. The number of carbonyl (C=O) groups is 1. The Morgan fingerprint density at radius 1 is 1.28 bits per heavy atom. The molecule has 1 aromatic carbocycles. The molecule has 1 amide bonds. The van der Waals surface area contributed by atoms with Crippen molar-refractivity contribution in [3.05, 3.63) is 52.3 Å². The molecule has 0 aliphatic heterocycles. The first kappa shape index (κ1) is 12.7. The highest BCUT2D eigenvalue weighted by molar-refractivity contribution is 6.34. The molecular weight excluding hydrogens is 273 g/mol. The molecule has 0 saturated carbocycles. The zero-order chi connectivity index (χ0) is 13.1. The molecular formula is C12H9Cl2N3O. The average molecular weight is 282 g/mol. The molecule has 4 nitrogen and oxygen atoms in total. The Kier molecular flexibility index (Phi) is 3.69. The maximum absolute atomic E-state index is 12.0. The van der Waals surface area contributed by atoms with Crippen molar-refractivity contribution in [1.29, 1.82) is 0 Å². The number of anilines is 2. The Labute approximate surface area is 114 Å². The number of nitrogens with two attached hydrogens (primary N) is 1. The molecule has 2 aromatic rings. The second kappa shape index (κ2) is 5.25. The largest absolute Gasteiger partial charge is 0.398 e. The molecule has 1 heterocycles. The van der Waals surface area contributed by atoms with E-state index in [2.05, 4.69) is 10.3 Å². The Morgan fingerprint density at radius 2 is 2.06 bits per heavy atom. The monoisotopic (exact) mass is 281 g/mol. The van der Waals surface area contributed by atoms with Crippen LogP contribution in [0.1, 0.15) is 10.4 Å². The van der Waals surface area contributed by atoms with E-state index in [1.54, 1.807) is 18.2 Å². The van der Waals surface area contributed by atoms with Crippen molar-refractivity contribution in [3.63, 3.8) is 0 Å². The molecule has 0 fully saturated rings. The van der Waals surface area contributed by atoms with Crippen LogP contribution in [0.5, 0.6) is 0 Å². The van der Waals surface area contributed by atoms with Crippen LogP contribution < -0.4 is 11.1 Å². The Bertz CT molecular complexity index is 602. The normalized spacial score (nSPS) is 10.1. The first-order valence-electron chi connectivity index (χ1n) is 5.04. The topological polar surface area (TPSA) is 68.0 Å². The fraction of sp³-hybridized carbons (Fsp3) is 0. The zero-order valence-electron chi connectivity index (χ0n) is 9.15. The molecule has 0 aliphatic carbocycles. The smallest absolute Gasteiger partial charge is 0.257 e. The van der Waals surface area contributed by atoms with Crippen molar-refractivity contribution in [2.45, 2.75) is 0 Å². The van der Waals surface area contributed by atoms with Gasteiger partial charge in [0.05, 0.1) is 16.3 Å². The summed E-state index contributed by atoms with van der Waals surface area (Å²) in [5.74, 6) is -0.372. The molecule has 6 heteroatoms. The van der Waals surface area contributed by atoms with Gasteiger partial charge in [0.15, 0.2) is 0 Å². The number of pyridine rings is 1. The summed E-state index contributed by atoms with van der Waals surface area (Å²) >= 11 is 11.7. The van der Waals surface area contributed by atoms with Gasteiger partial charge in [0.2, 0.25) is 0 Å². The molecule has 92 valence electrons. The highest BCUT2D eigenvalue weighted by Gasteiger charge is 2.12. The van der Waals surface area contributed by atoms with E-state index >= 15 is 0 Å². The van der Waals surface area contributed by atoms with Crippen LogP contribution in [0.25, 0.3) is 0 Å². The number of hydrogen-bond donors (Lipinski definition) is 2. The van der Waals surface area contributed by atoms with E-state index in [-0.39, 0.29) is 5.91 Å². The van der Waals surface area contributed by atoms with Crippen LogP contribution in [-0.2, 0) is 0 Å². The molecule has 0 aliphatic rings. The SMILES string of the molecule is Nc1ccc(Cl)cc1C(=O)Nc1ccncc1Cl. The fourth-order valence-electron chi connectivity index (χ4n) is 1.39. The molecule has 0 radical (unpaired) electrons. The van der Waals surface area contributed by atoms with Gasteiger partial charge in [-0.2, -0.15) is 0 Å². The average Bonchev–Trinajstić information content (AvgIpc) is 2.35. The van der Waals surface area contributed by atoms with Gasteiger partial charge < -0.3 is 11.1 Å². The minimum Gasteiger partial charge on any atom is -0.398 e. The lowest BCUT2D eigenvalue weighted by Gasteiger charge is -2.08. The van der Waals surface area contributed by atoms with Crippen molar-refractivity contribution < 1.29 is 4.79 Å². The number of rotatable bonds is 2. The highest BCUT2D eigenvalue weighted by Crippen LogP contribution is 2.22. The minimum atomic E-state index is -0.372. The summed E-state index contributed by atoms with van der Waals surface area (Å²) in [6.45, 7) is 0. The van der Waals surface area contributed by atoms with E-state index in [9.17, 15) is 4.79 Å². The molecule has 2 rings (SSSR count). The van der Waals surface area contributed by atoms with Gasteiger partial charge in [-0.3, -0.25) is 9.78 Å². The number of hydrogen-bond acceptors (Lipinski definition) is 3. The van der Waals surface area contributed by atoms with Gasteiger partial charge in [-0.15, -0.1) is 0 Å². The van der Waals surface area contributed by atoms with Gasteiger partial charge in [0.1, 0.15) is 0 Å². The van der Waals surface area contributed by atoms with Crippen molar-refractivity contribution in [1.82, 2.24) is 4.98 Å². The summed E-state index contributed by atoms with van der Waals surface area (Å²) in [5, 5.41) is 3.44. The van der Waals surface area contributed by atoms with Gasteiger partial charge in [-0.25, -0.2) is 0 Å². The summed E-state index contributed by atoms with van der Waals surface area (Å²) in [6.07, 6.45) is 2.97. The van der Waals surface area contributed by atoms with Crippen LogP contribution in [0.15, 0.2) is 36.7 Å². The summed E-state index contributed by atoms with van der Waals surface area (Å²) < 4.78 is 0. The molecule has 0 spiro atoms. The number of nitrogens with zero attached hydrogens (tertiary/aromatic N) is 1. The molecule has 18 heavy (non-hydrogen) atoms. The molecule has 3 N–H and O–H groups in total. The third-order valence-electron chi connectivity index (χ3n) is 2.28. The molecule has 0 unspecified atom stereocenters. The second-order valence-electron chi connectivity index (χ2n) is 3.54. The van der Waals surface area contributed by atoms with Crippen LogP contribution in [0.4, 0.5) is 11.4 Å². The molecule has 0 atom stereocenters. The maximum atomic E-state index is 12.0. The summed E-state index contributed by atoms with van der Waals surface area (Å²) in [4.78, 5) is 15.8. The standard InChI is InChI=1S/C12H9Cl2N3O/c13-7-1-2-10(15)8(5-7)12(18)17-11-3-4-16-6-9(11)14/h1-6H,15H2,(H,16,17,18). The van der Waals surface area contributed by atoms with Crippen LogP contribution in [0.3, 0.4) is 0 Å². The summed E-state index contributed by atoms with van der Waals surface area (Å²) in [7, 11) is 0. The summed E-state index contributed by atoms with van der Waals surface area (Å²) in [5.41, 5.74) is 6.84. The van der Waals surface area contributed by atoms with E-state index in [4.69, 9.17) is 28.9 Å². The zero-order valence-corrected chi connectivity index (χ0v) is 10.7. The van der Waals surface area contributed by atoms with E-state index in [1.807, 2.05) is 0 Å². The lowest BCUT2D eigenvalue weighted by Crippen LogP contribution is -2.14. The third kappa shape index (κ3) is 2.72. The quantitative estimate of drug-likeness (QED) is 0.831. The van der Waals surface area contributed by atoms with Gasteiger partial charge >= 0.3 is 0 Å². The predicted molar refractivity (Wildman–Crippen MR) is 73.1 cm³/mol. The molecule has 0 saturated heterocycles. The van der Waals surface area contributed by atoms with E-state index < -0.39 is 0 Å². The fourth-order valence-corrected chi connectivity index (χ4v) is 1.73. The first-order chi connectivity index (χ1) is 8.58. The molecule has 1 aromatic heterocycles. The number of benzene rings is 1. The van der Waals surface area contributed by atoms with Crippen molar-refractivity contribution >= 4 is 40.5 Å². The van der Waals surface area contributed by atoms with Gasteiger partial charge in [-0.1, -0.05) is 23.2 Å². The Hall–Kier alpha value is -1.78. The number of nitrogen functional groups attached to an aromatic ring is 1. The predicted octanol–water partition coefficient (Wildman–Crippen LogP) is 3.22. The number of amides is 1. The van der Waals surface area contributed by atoms with Crippen molar-refractivity contribution in [2.24, 2.45) is 0 Å². The number of carbonyl (C=O) groups excluding carboxylic acids is 1. The van der Waals surface area contributed by atoms with Gasteiger partial charge in [-0.05, 0) is 24.3 Å². The van der Waals surface area contributed by atoms with Gasteiger partial charge in [0.25, 0.3) is 5.91 Å². The van der Waals surface area contributed by atoms with Crippen molar-refractivity contribution in [3.8, 4) is 0 Å². The van der Waals surface area contributed by atoms with Crippen LogP contribution in [-0.4, -0.2) is 10.9 Å². The number of aromatic nitrogens is 1. The lowest BCUT2D eigenvalue weighted by atomic mass is 10.1.